The standard InChI is InChI=1S/C29H26O2/c1-17-13-15-25(30)19(3)27(17)29(28-18(2)14-16-26(31)20(28)4)23-11-7-5-9-21(23)22-10-6-8-12-24(22)29/h5-16,30-31H,1-4H3. The molecule has 31 heavy (non-hydrogen) atoms. The second-order valence-electron chi connectivity index (χ2n) is 8.64. The molecule has 0 atom stereocenters. The molecule has 0 saturated carbocycles. The van der Waals surface area contributed by atoms with E-state index in [0.29, 0.717) is 0 Å². The molecule has 1 aliphatic rings. The molecule has 0 aliphatic heterocycles. The van der Waals surface area contributed by atoms with Crippen LogP contribution in [0, 0.1) is 27.7 Å². The predicted octanol–water partition coefficient (Wildman–Crippen LogP) is 6.69. The number of phenols is 2. The van der Waals surface area contributed by atoms with Crippen LogP contribution in [-0.4, -0.2) is 10.2 Å². The molecule has 0 amide bonds. The summed E-state index contributed by atoms with van der Waals surface area (Å²) in [6.45, 7) is 8.22. The largest absolute Gasteiger partial charge is 0.508 e. The van der Waals surface area contributed by atoms with E-state index in [0.717, 1.165) is 33.4 Å². The third-order valence-electron chi connectivity index (χ3n) is 6.99. The van der Waals surface area contributed by atoms with Crippen molar-refractivity contribution in [3.63, 3.8) is 0 Å². The van der Waals surface area contributed by atoms with Crippen LogP contribution in [0.2, 0.25) is 0 Å². The van der Waals surface area contributed by atoms with Crippen molar-refractivity contribution in [3.8, 4) is 22.6 Å². The minimum absolute atomic E-state index is 0.289. The van der Waals surface area contributed by atoms with Gasteiger partial charge in [-0.1, -0.05) is 60.7 Å². The number of hydrogen-bond acceptors (Lipinski definition) is 2. The highest BCUT2D eigenvalue weighted by Crippen LogP contribution is 2.59. The van der Waals surface area contributed by atoms with Crippen molar-refractivity contribution >= 4 is 0 Å². The predicted molar refractivity (Wildman–Crippen MR) is 126 cm³/mol. The Morgan fingerprint density at radius 2 is 0.903 bits per heavy atom. The SMILES string of the molecule is Cc1ccc(O)c(C)c1C1(c2c(C)ccc(O)c2C)c2ccccc2-c2ccccc21. The lowest BCUT2D eigenvalue weighted by molar-refractivity contribution is 0.466. The van der Waals surface area contributed by atoms with Crippen molar-refractivity contribution in [2.24, 2.45) is 0 Å². The van der Waals surface area contributed by atoms with Crippen LogP contribution in [0.3, 0.4) is 0 Å². The third-order valence-corrected chi connectivity index (χ3v) is 6.99. The molecule has 0 saturated heterocycles. The van der Waals surface area contributed by atoms with Crippen molar-refractivity contribution in [1.29, 1.82) is 0 Å². The van der Waals surface area contributed by atoms with Gasteiger partial charge in [0.25, 0.3) is 0 Å². The van der Waals surface area contributed by atoms with Crippen LogP contribution < -0.4 is 0 Å². The molecule has 4 aromatic carbocycles. The van der Waals surface area contributed by atoms with Gasteiger partial charge in [-0.2, -0.15) is 0 Å². The van der Waals surface area contributed by atoms with Gasteiger partial charge >= 0.3 is 0 Å². The summed E-state index contributed by atoms with van der Waals surface area (Å²) >= 11 is 0. The Kier molecular flexibility index (Phi) is 4.23. The van der Waals surface area contributed by atoms with E-state index in [1.807, 2.05) is 26.0 Å². The minimum atomic E-state index is -0.632. The number of aromatic hydroxyl groups is 2. The second kappa shape index (κ2) is 6.75. The van der Waals surface area contributed by atoms with Crippen molar-refractivity contribution < 1.29 is 10.2 Å². The van der Waals surface area contributed by atoms with Crippen molar-refractivity contribution in [2.75, 3.05) is 0 Å². The fourth-order valence-electron chi connectivity index (χ4n) is 5.72. The highest BCUT2D eigenvalue weighted by Gasteiger charge is 2.49. The maximum atomic E-state index is 10.8. The molecule has 2 nitrogen and oxygen atoms in total. The van der Waals surface area contributed by atoms with Crippen LogP contribution in [0.25, 0.3) is 11.1 Å². The van der Waals surface area contributed by atoms with Gasteiger partial charge in [0.15, 0.2) is 0 Å². The van der Waals surface area contributed by atoms with E-state index in [9.17, 15) is 10.2 Å². The van der Waals surface area contributed by atoms with E-state index in [1.165, 1.54) is 22.3 Å². The molecule has 0 spiro atoms. The second-order valence-corrected chi connectivity index (χ2v) is 8.64. The Morgan fingerprint density at radius 1 is 0.516 bits per heavy atom. The first-order valence-electron chi connectivity index (χ1n) is 10.7. The Bertz CT molecular complexity index is 1240. The van der Waals surface area contributed by atoms with Crippen molar-refractivity contribution in [3.05, 3.63) is 117 Å². The number of rotatable bonds is 2. The molecular weight excluding hydrogens is 380 g/mol. The topological polar surface area (TPSA) is 40.5 Å². The molecule has 0 fully saturated rings. The van der Waals surface area contributed by atoms with E-state index in [1.54, 1.807) is 12.1 Å². The quantitative estimate of drug-likeness (QED) is 0.343. The fraction of sp³-hybridized carbons (Fsp3) is 0.172. The first-order valence-corrected chi connectivity index (χ1v) is 10.7. The molecule has 154 valence electrons. The number of phenolic OH excluding ortho intramolecular Hbond substituents is 2. The Hall–Kier alpha value is -3.52. The molecule has 0 aromatic heterocycles. The highest BCUT2D eigenvalue weighted by molar-refractivity contribution is 5.88. The van der Waals surface area contributed by atoms with Crippen LogP contribution in [0.15, 0.2) is 72.8 Å². The normalized spacial score (nSPS) is 13.7. The number of benzene rings is 4. The first kappa shape index (κ1) is 19.4. The average Bonchev–Trinajstić information content (AvgIpc) is 3.06. The van der Waals surface area contributed by atoms with Gasteiger partial charge < -0.3 is 10.2 Å². The van der Waals surface area contributed by atoms with Crippen LogP contribution in [0.1, 0.15) is 44.5 Å². The zero-order chi connectivity index (χ0) is 21.9. The van der Waals surface area contributed by atoms with E-state index in [4.69, 9.17) is 0 Å². The van der Waals surface area contributed by atoms with Gasteiger partial charge in [0, 0.05) is 0 Å². The van der Waals surface area contributed by atoms with Gasteiger partial charge in [-0.25, -0.2) is 0 Å². The van der Waals surface area contributed by atoms with Gasteiger partial charge in [0.1, 0.15) is 11.5 Å². The van der Waals surface area contributed by atoms with Gasteiger partial charge in [-0.05, 0) is 95.5 Å². The van der Waals surface area contributed by atoms with Crippen LogP contribution in [0.5, 0.6) is 11.5 Å². The first-order chi connectivity index (χ1) is 14.9. The van der Waals surface area contributed by atoms with Crippen LogP contribution in [0.4, 0.5) is 0 Å². The van der Waals surface area contributed by atoms with Gasteiger partial charge in [-0.3, -0.25) is 0 Å². The van der Waals surface area contributed by atoms with E-state index < -0.39 is 5.41 Å². The summed E-state index contributed by atoms with van der Waals surface area (Å²) in [6.07, 6.45) is 0. The lowest BCUT2D eigenvalue weighted by atomic mass is 9.63. The van der Waals surface area contributed by atoms with Gasteiger partial charge in [0.05, 0.1) is 5.41 Å². The van der Waals surface area contributed by atoms with E-state index in [-0.39, 0.29) is 11.5 Å². The summed E-state index contributed by atoms with van der Waals surface area (Å²) in [5.74, 6) is 0.578. The molecule has 2 N–H and O–H groups in total. The molecular formula is C29H26O2. The summed E-state index contributed by atoms with van der Waals surface area (Å²) in [4.78, 5) is 0. The Labute approximate surface area is 183 Å². The zero-order valence-corrected chi connectivity index (χ0v) is 18.3. The van der Waals surface area contributed by atoms with Crippen molar-refractivity contribution in [1.82, 2.24) is 0 Å². The molecule has 0 radical (unpaired) electrons. The monoisotopic (exact) mass is 406 g/mol. The minimum Gasteiger partial charge on any atom is -0.508 e. The number of aryl methyl sites for hydroxylation is 2. The lowest BCUT2D eigenvalue weighted by Crippen LogP contribution is -2.32. The third kappa shape index (κ3) is 2.45. The van der Waals surface area contributed by atoms with E-state index >= 15 is 0 Å². The fourth-order valence-corrected chi connectivity index (χ4v) is 5.72. The molecule has 0 heterocycles. The molecule has 5 rings (SSSR count). The maximum absolute atomic E-state index is 10.8. The molecule has 1 aliphatic carbocycles. The smallest absolute Gasteiger partial charge is 0.118 e. The van der Waals surface area contributed by atoms with Crippen molar-refractivity contribution in [2.45, 2.75) is 33.1 Å². The lowest BCUT2D eigenvalue weighted by Gasteiger charge is -2.38. The maximum Gasteiger partial charge on any atom is 0.118 e. The summed E-state index contributed by atoms with van der Waals surface area (Å²) in [7, 11) is 0. The van der Waals surface area contributed by atoms with Crippen LogP contribution in [-0.2, 0) is 5.41 Å². The summed E-state index contributed by atoms with van der Waals surface area (Å²) in [5, 5.41) is 21.6. The Morgan fingerprint density at radius 3 is 1.32 bits per heavy atom. The molecule has 0 unspecified atom stereocenters. The van der Waals surface area contributed by atoms with Gasteiger partial charge in [0.2, 0.25) is 0 Å². The Balaban J connectivity index is 2.10. The average molecular weight is 407 g/mol. The highest BCUT2D eigenvalue weighted by atomic mass is 16.3. The van der Waals surface area contributed by atoms with Gasteiger partial charge in [-0.15, -0.1) is 0 Å². The molecule has 4 aromatic rings. The van der Waals surface area contributed by atoms with E-state index in [2.05, 4.69) is 62.4 Å². The zero-order valence-electron chi connectivity index (χ0n) is 18.3. The summed E-state index contributed by atoms with van der Waals surface area (Å²) < 4.78 is 0. The molecule has 0 bridgehead atoms. The number of hydrogen-bond donors (Lipinski definition) is 2. The summed E-state index contributed by atoms with van der Waals surface area (Å²) in [6, 6.07) is 24.6. The van der Waals surface area contributed by atoms with Crippen LogP contribution >= 0.6 is 0 Å². The summed E-state index contributed by atoms with van der Waals surface area (Å²) in [5.41, 5.74) is 10.3. The number of fused-ring (bicyclic) bond motifs is 3. The molecule has 2 heteroatoms.